The summed E-state index contributed by atoms with van der Waals surface area (Å²) in [7, 11) is 2.15. The lowest BCUT2D eigenvalue weighted by Gasteiger charge is -2.49. The van der Waals surface area contributed by atoms with E-state index in [1.54, 1.807) is 18.2 Å². The second-order valence-corrected chi connectivity index (χ2v) is 13.2. The van der Waals surface area contributed by atoms with Crippen LogP contribution in [0.15, 0.2) is 47.5 Å². The molecule has 38 heavy (non-hydrogen) atoms. The lowest BCUT2D eigenvalue weighted by atomic mass is 9.69. The van der Waals surface area contributed by atoms with Crippen molar-refractivity contribution in [2.45, 2.75) is 84.8 Å². The highest BCUT2D eigenvalue weighted by Crippen LogP contribution is 2.47. The van der Waals surface area contributed by atoms with Crippen molar-refractivity contribution in [2.24, 2.45) is 22.2 Å². The highest BCUT2D eigenvalue weighted by molar-refractivity contribution is 6.39. The lowest BCUT2D eigenvalue weighted by Crippen LogP contribution is -2.51. The van der Waals surface area contributed by atoms with Gasteiger partial charge in [0, 0.05) is 27.2 Å². The molecule has 2 aromatic rings. The van der Waals surface area contributed by atoms with Crippen molar-refractivity contribution in [3.05, 3.63) is 69.2 Å². The number of rotatable bonds is 10. The summed E-state index contributed by atoms with van der Waals surface area (Å²) in [6, 6.07) is 13.1. The Labute approximate surface area is 238 Å². The molecule has 0 amide bonds. The maximum Gasteiger partial charge on any atom is 0.168 e. The van der Waals surface area contributed by atoms with E-state index in [1.807, 2.05) is 12.1 Å². The average Bonchev–Trinajstić information content (AvgIpc) is 2.86. The Morgan fingerprint density at radius 1 is 1.03 bits per heavy atom. The van der Waals surface area contributed by atoms with Crippen molar-refractivity contribution in [1.29, 1.82) is 0 Å². The summed E-state index contributed by atoms with van der Waals surface area (Å²) in [6.07, 6.45) is 7.47. The predicted molar refractivity (Wildman–Crippen MR) is 160 cm³/mol. The van der Waals surface area contributed by atoms with Gasteiger partial charge in [-0.2, -0.15) is 0 Å². The molecule has 0 aromatic heterocycles. The maximum absolute atomic E-state index is 12.4. The van der Waals surface area contributed by atoms with E-state index in [1.165, 1.54) is 0 Å². The zero-order chi connectivity index (χ0) is 28.1. The fourth-order valence-electron chi connectivity index (χ4n) is 5.74. The topological polar surface area (TPSA) is 49.7 Å². The van der Waals surface area contributed by atoms with Gasteiger partial charge in [-0.3, -0.25) is 19.5 Å². The number of hydrogen-bond acceptors (Lipinski definition) is 4. The van der Waals surface area contributed by atoms with Gasteiger partial charge in [-0.15, -0.1) is 0 Å². The van der Waals surface area contributed by atoms with E-state index in [0.717, 1.165) is 56.7 Å². The zero-order valence-corrected chi connectivity index (χ0v) is 25.1. The van der Waals surface area contributed by atoms with E-state index >= 15 is 0 Å². The number of hydrogen-bond donors (Lipinski definition) is 0. The third-order valence-electron chi connectivity index (χ3n) is 8.21. The third kappa shape index (κ3) is 7.55. The van der Waals surface area contributed by atoms with Crippen LogP contribution in [0.4, 0.5) is 0 Å². The summed E-state index contributed by atoms with van der Waals surface area (Å²) in [5.41, 5.74) is 2.48. The van der Waals surface area contributed by atoms with Gasteiger partial charge in [0.1, 0.15) is 17.7 Å². The highest BCUT2D eigenvalue weighted by atomic mass is 35.5. The monoisotopic (exact) mass is 556 g/mol. The van der Waals surface area contributed by atoms with Crippen molar-refractivity contribution < 1.29 is 9.59 Å². The number of aldehydes is 2. The second kappa shape index (κ2) is 12.9. The van der Waals surface area contributed by atoms with Crippen molar-refractivity contribution in [3.63, 3.8) is 0 Å². The molecule has 1 aliphatic carbocycles. The molecule has 206 valence electrons. The van der Waals surface area contributed by atoms with E-state index < -0.39 is 5.66 Å². The number of halogens is 2. The van der Waals surface area contributed by atoms with Crippen LogP contribution in [0.2, 0.25) is 10.0 Å². The maximum atomic E-state index is 12.4. The standard InChI is InChI=1S/C32H42Cl2N2O2/c1-22(2)7-12-30(24-10-8-23(20-37)9-11-24)36(6)32(15-13-26(14-16-32)31(3,4)5)35-29(21-38)25-17-27(33)19-28(34)18-25/h8-11,17-22,26,30H,7,12-16H2,1-6H3/b35-29+. The van der Waals surface area contributed by atoms with Crippen molar-refractivity contribution in [2.75, 3.05) is 7.05 Å². The first-order chi connectivity index (χ1) is 17.9. The number of benzene rings is 2. The van der Waals surface area contributed by atoms with Crippen LogP contribution in [0, 0.1) is 17.3 Å². The zero-order valence-electron chi connectivity index (χ0n) is 23.6. The minimum Gasteiger partial charge on any atom is -0.298 e. The van der Waals surface area contributed by atoms with Gasteiger partial charge in [-0.25, -0.2) is 0 Å². The Hall–Kier alpha value is -2.01. The Kier molecular flexibility index (Phi) is 10.4. The fourth-order valence-corrected chi connectivity index (χ4v) is 6.26. The number of carbonyl (C=O) groups is 2. The Bertz CT molecular complexity index is 1110. The van der Waals surface area contributed by atoms with Crippen LogP contribution >= 0.6 is 23.2 Å². The van der Waals surface area contributed by atoms with Gasteiger partial charge in [0.05, 0.1) is 0 Å². The summed E-state index contributed by atoms with van der Waals surface area (Å²) in [5, 5.41) is 0.956. The third-order valence-corrected chi connectivity index (χ3v) is 8.64. The molecule has 1 atom stereocenters. The molecule has 0 N–H and O–H groups in total. The minimum atomic E-state index is -0.558. The molecule has 1 fully saturated rings. The quantitative estimate of drug-likeness (QED) is 0.217. The normalized spacial score (nSPS) is 21.5. The van der Waals surface area contributed by atoms with Crippen LogP contribution in [0.3, 0.4) is 0 Å². The van der Waals surface area contributed by atoms with Gasteiger partial charge in [-0.05, 0) is 86.6 Å². The molecule has 3 rings (SSSR count). The molecule has 6 heteroatoms. The molecular weight excluding hydrogens is 515 g/mol. The van der Waals surface area contributed by atoms with E-state index in [4.69, 9.17) is 28.2 Å². The van der Waals surface area contributed by atoms with Gasteiger partial charge in [-0.1, -0.05) is 82.1 Å². The molecule has 1 saturated carbocycles. The molecular formula is C32H42Cl2N2O2. The average molecular weight is 558 g/mol. The molecule has 0 radical (unpaired) electrons. The lowest BCUT2D eigenvalue weighted by molar-refractivity contribution is -0.102. The molecule has 0 heterocycles. The first-order valence-electron chi connectivity index (χ1n) is 13.7. The smallest absolute Gasteiger partial charge is 0.168 e. The predicted octanol–water partition coefficient (Wildman–Crippen LogP) is 8.84. The van der Waals surface area contributed by atoms with Crippen molar-refractivity contribution >= 4 is 41.5 Å². The van der Waals surface area contributed by atoms with E-state index in [2.05, 4.69) is 58.7 Å². The second-order valence-electron chi connectivity index (χ2n) is 12.3. The highest BCUT2D eigenvalue weighted by Gasteiger charge is 2.44. The molecule has 0 bridgehead atoms. The van der Waals surface area contributed by atoms with E-state index in [0.29, 0.717) is 38.7 Å². The molecule has 1 aliphatic rings. The van der Waals surface area contributed by atoms with Crippen LogP contribution in [-0.2, 0) is 4.79 Å². The van der Waals surface area contributed by atoms with Gasteiger partial charge in [0.25, 0.3) is 0 Å². The van der Waals surface area contributed by atoms with Gasteiger partial charge < -0.3 is 0 Å². The van der Waals surface area contributed by atoms with Gasteiger partial charge >= 0.3 is 0 Å². The first-order valence-corrected chi connectivity index (χ1v) is 14.4. The van der Waals surface area contributed by atoms with Crippen LogP contribution in [-0.4, -0.2) is 35.9 Å². The fraction of sp³-hybridized carbons (Fsp3) is 0.531. The number of nitrogens with zero attached hydrogens (tertiary/aromatic N) is 2. The Morgan fingerprint density at radius 2 is 1.61 bits per heavy atom. The molecule has 0 saturated heterocycles. The van der Waals surface area contributed by atoms with Crippen LogP contribution in [0.25, 0.3) is 0 Å². The summed E-state index contributed by atoms with van der Waals surface area (Å²) in [6.45, 7) is 11.4. The Morgan fingerprint density at radius 3 is 2.08 bits per heavy atom. The summed E-state index contributed by atoms with van der Waals surface area (Å²) in [4.78, 5) is 31.4. The molecule has 1 unspecified atom stereocenters. The van der Waals surface area contributed by atoms with Crippen molar-refractivity contribution in [1.82, 2.24) is 4.90 Å². The SMILES string of the molecule is CC(C)CCC(c1ccc(C=O)cc1)N(C)C1(/N=C(\C=O)c2cc(Cl)cc(Cl)c2)CCC(C(C)(C)C)CC1. The van der Waals surface area contributed by atoms with Gasteiger partial charge in [0.2, 0.25) is 0 Å². The largest absolute Gasteiger partial charge is 0.298 e. The van der Waals surface area contributed by atoms with E-state index in [-0.39, 0.29) is 11.5 Å². The van der Waals surface area contributed by atoms with Crippen LogP contribution in [0.1, 0.15) is 101 Å². The molecule has 2 aromatic carbocycles. The van der Waals surface area contributed by atoms with Crippen molar-refractivity contribution in [3.8, 4) is 0 Å². The van der Waals surface area contributed by atoms with Crippen LogP contribution < -0.4 is 0 Å². The number of carbonyl (C=O) groups excluding carboxylic acids is 2. The summed E-state index contributed by atoms with van der Waals surface area (Å²) >= 11 is 12.6. The van der Waals surface area contributed by atoms with Crippen LogP contribution in [0.5, 0.6) is 0 Å². The number of aliphatic imine (C=N–C) groups is 1. The minimum absolute atomic E-state index is 0.0869. The van der Waals surface area contributed by atoms with Gasteiger partial charge in [0.15, 0.2) is 6.29 Å². The first kappa shape index (κ1) is 30.5. The summed E-state index contributed by atoms with van der Waals surface area (Å²) < 4.78 is 0. The Balaban J connectivity index is 2.11. The van der Waals surface area contributed by atoms with E-state index in [9.17, 15) is 9.59 Å². The molecule has 0 spiro atoms. The molecule has 0 aliphatic heterocycles. The summed E-state index contributed by atoms with van der Waals surface area (Å²) in [5.74, 6) is 1.14. The molecule has 4 nitrogen and oxygen atoms in total.